The molecular weight excluding hydrogens is 270 g/mol. The molecule has 0 aromatic heterocycles. The summed E-state index contributed by atoms with van der Waals surface area (Å²) in [6, 6.07) is 0. The van der Waals surface area contributed by atoms with Crippen LogP contribution in [0, 0.1) is 0 Å². The van der Waals surface area contributed by atoms with Crippen LogP contribution in [0.1, 0.15) is 73.1 Å². The summed E-state index contributed by atoms with van der Waals surface area (Å²) in [5.74, 6) is -0.394. The van der Waals surface area contributed by atoms with E-state index in [4.69, 9.17) is 22.3 Å². The Morgan fingerprint density at radius 2 is 1.80 bits per heavy atom. The van der Waals surface area contributed by atoms with Crippen LogP contribution in [0.15, 0.2) is 0 Å². The fourth-order valence-corrected chi connectivity index (χ4v) is 4.50. The SMILES string of the molecule is CCCC1COC2(CC(C)(C)N(S)C(CC)(CC)C2)O1. The third kappa shape index (κ3) is 2.77. The van der Waals surface area contributed by atoms with Gasteiger partial charge in [0.2, 0.25) is 0 Å². The van der Waals surface area contributed by atoms with E-state index in [1.165, 1.54) is 0 Å². The zero-order valence-corrected chi connectivity index (χ0v) is 14.6. The second-order valence-electron chi connectivity index (χ2n) is 7.16. The molecule has 0 aromatic carbocycles. The molecule has 2 fully saturated rings. The molecule has 1 spiro atoms. The molecule has 0 radical (unpaired) electrons. The van der Waals surface area contributed by atoms with Crippen molar-refractivity contribution in [1.29, 1.82) is 0 Å². The van der Waals surface area contributed by atoms with Crippen LogP contribution in [0.25, 0.3) is 0 Å². The minimum absolute atomic E-state index is 0.0194. The zero-order chi connectivity index (χ0) is 15.0. The van der Waals surface area contributed by atoms with Crippen molar-refractivity contribution in [3.63, 3.8) is 0 Å². The molecule has 2 aliphatic rings. The number of hydrogen-bond acceptors (Lipinski definition) is 4. The summed E-state index contributed by atoms with van der Waals surface area (Å²) in [7, 11) is 0. The third-order valence-electron chi connectivity index (χ3n) is 5.16. The Balaban J connectivity index is 2.24. The highest BCUT2D eigenvalue weighted by Crippen LogP contribution is 2.51. The van der Waals surface area contributed by atoms with Crippen molar-refractivity contribution in [3.8, 4) is 0 Å². The van der Waals surface area contributed by atoms with Crippen LogP contribution >= 0.6 is 12.8 Å². The van der Waals surface area contributed by atoms with Gasteiger partial charge in [0.1, 0.15) is 0 Å². The maximum atomic E-state index is 6.39. The first-order valence-electron chi connectivity index (χ1n) is 8.14. The molecule has 0 aromatic rings. The molecule has 2 heterocycles. The van der Waals surface area contributed by atoms with E-state index in [0.29, 0.717) is 0 Å². The second kappa shape index (κ2) is 5.79. The lowest BCUT2D eigenvalue weighted by Crippen LogP contribution is -2.64. The Labute approximate surface area is 129 Å². The fraction of sp³-hybridized carbons (Fsp3) is 1.00. The van der Waals surface area contributed by atoms with Gasteiger partial charge in [-0.3, -0.25) is 0 Å². The zero-order valence-electron chi connectivity index (χ0n) is 13.7. The Kier molecular flexibility index (Phi) is 4.80. The van der Waals surface area contributed by atoms with Crippen molar-refractivity contribution in [3.05, 3.63) is 0 Å². The number of nitrogens with zero attached hydrogens (tertiary/aromatic N) is 1. The number of piperidine rings is 1. The van der Waals surface area contributed by atoms with Crippen molar-refractivity contribution in [1.82, 2.24) is 4.31 Å². The van der Waals surface area contributed by atoms with Gasteiger partial charge in [-0.2, -0.15) is 0 Å². The Bertz CT molecular complexity index is 343. The van der Waals surface area contributed by atoms with Gasteiger partial charge in [-0.1, -0.05) is 40.0 Å². The minimum atomic E-state index is -0.394. The van der Waals surface area contributed by atoms with E-state index in [1.807, 2.05) is 0 Å². The number of ether oxygens (including phenoxy) is 2. The molecule has 0 aliphatic carbocycles. The third-order valence-corrected chi connectivity index (χ3v) is 6.13. The molecular formula is C16H31NO2S. The van der Waals surface area contributed by atoms with Gasteiger partial charge in [0.05, 0.1) is 12.7 Å². The van der Waals surface area contributed by atoms with Crippen molar-refractivity contribution < 1.29 is 9.47 Å². The van der Waals surface area contributed by atoms with Gasteiger partial charge in [-0.05, 0) is 33.1 Å². The molecule has 3 nitrogen and oxygen atoms in total. The summed E-state index contributed by atoms with van der Waals surface area (Å²) in [5.41, 5.74) is 0.0421. The molecule has 20 heavy (non-hydrogen) atoms. The number of thiol groups is 1. The topological polar surface area (TPSA) is 21.7 Å². The normalized spacial score (nSPS) is 36.6. The van der Waals surface area contributed by atoms with Crippen molar-refractivity contribution in [2.45, 2.75) is 96.1 Å². The molecule has 2 saturated heterocycles. The maximum absolute atomic E-state index is 6.39. The van der Waals surface area contributed by atoms with Crippen LogP contribution in [-0.2, 0) is 9.47 Å². The van der Waals surface area contributed by atoms with E-state index >= 15 is 0 Å². The lowest BCUT2D eigenvalue weighted by Gasteiger charge is -2.57. The van der Waals surface area contributed by atoms with Gasteiger partial charge >= 0.3 is 0 Å². The second-order valence-corrected chi connectivity index (χ2v) is 7.56. The summed E-state index contributed by atoms with van der Waals surface area (Å²) < 4.78 is 14.9. The first kappa shape index (κ1) is 16.6. The summed E-state index contributed by atoms with van der Waals surface area (Å²) in [4.78, 5) is 0. The average molecular weight is 301 g/mol. The Morgan fingerprint density at radius 1 is 1.15 bits per heavy atom. The van der Waals surface area contributed by atoms with Gasteiger partial charge < -0.3 is 9.47 Å². The van der Waals surface area contributed by atoms with Crippen LogP contribution in [0.4, 0.5) is 0 Å². The summed E-state index contributed by atoms with van der Waals surface area (Å²) in [5, 5.41) is 0. The molecule has 0 amide bonds. The molecule has 0 N–H and O–H groups in total. The minimum Gasteiger partial charge on any atom is -0.347 e. The Hall–Kier alpha value is 0.230. The van der Waals surface area contributed by atoms with E-state index < -0.39 is 5.79 Å². The maximum Gasteiger partial charge on any atom is 0.172 e. The summed E-state index contributed by atoms with van der Waals surface area (Å²) in [6.07, 6.45) is 6.49. The first-order valence-corrected chi connectivity index (χ1v) is 8.54. The van der Waals surface area contributed by atoms with Crippen LogP contribution < -0.4 is 0 Å². The highest BCUT2D eigenvalue weighted by molar-refractivity contribution is 7.77. The number of hydrogen-bond donors (Lipinski definition) is 1. The first-order chi connectivity index (χ1) is 9.33. The predicted molar refractivity (Wildman–Crippen MR) is 85.9 cm³/mol. The molecule has 2 rings (SSSR count). The molecule has 2 atom stereocenters. The van der Waals surface area contributed by atoms with E-state index in [0.717, 1.165) is 45.1 Å². The predicted octanol–water partition coefficient (Wildman–Crippen LogP) is 4.18. The van der Waals surface area contributed by atoms with Crippen molar-refractivity contribution in [2.24, 2.45) is 0 Å². The van der Waals surface area contributed by atoms with E-state index in [2.05, 4.69) is 38.9 Å². The van der Waals surface area contributed by atoms with E-state index in [1.54, 1.807) is 0 Å². The van der Waals surface area contributed by atoms with Gasteiger partial charge in [-0.25, -0.2) is 4.31 Å². The number of rotatable bonds is 4. The van der Waals surface area contributed by atoms with Crippen LogP contribution in [0.2, 0.25) is 0 Å². The summed E-state index contributed by atoms with van der Waals surface area (Å²) >= 11 is 4.84. The fourth-order valence-electron chi connectivity index (χ4n) is 4.08. The van der Waals surface area contributed by atoms with Gasteiger partial charge in [0, 0.05) is 23.9 Å². The smallest absolute Gasteiger partial charge is 0.172 e. The molecule has 0 saturated carbocycles. The van der Waals surface area contributed by atoms with Crippen LogP contribution in [-0.4, -0.2) is 33.9 Å². The highest BCUT2D eigenvalue weighted by Gasteiger charge is 2.57. The highest BCUT2D eigenvalue weighted by atomic mass is 32.1. The monoisotopic (exact) mass is 301 g/mol. The van der Waals surface area contributed by atoms with Gasteiger partial charge in [0.15, 0.2) is 5.79 Å². The van der Waals surface area contributed by atoms with Gasteiger partial charge in [-0.15, -0.1) is 0 Å². The van der Waals surface area contributed by atoms with Gasteiger partial charge in [0.25, 0.3) is 0 Å². The molecule has 2 unspecified atom stereocenters. The lowest BCUT2D eigenvalue weighted by molar-refractivity contribution is -0.235. The quantitative estimate of drug-likeness (QED) is 0.787. The largest absolute Gasteiger partial charge is 0.347 e. The molecule has 2 aliphatic heterocycles. The molecule has 0 bridgehead atoms. The van der Waals surface area contributed by atoms with E-state index in [-0.39, 0.29) is 17.2 Å². The van der Waals surface area contributed by atoms with Crippen molar-refractivity contribution in [2.75, 3.05) is 6.61 Å². The lowest BCUT2D eigenvalue weighted by atomic mass is 9.74. The van der Waals surface area contributed by atoms with Crippen molar-refractivity contribution >= 4 is 12.8 Å². The average Bonchev–Trinajstić information content (AvgIpc) is 2.77. The molecule has 4 heteroatoms. The standard InChI is InChI=1S/C16H31NO2S/c1-6-9-13-10-18-16(19-13)11-14(4,5)17(20)15(7-2,8-3)12-16/h13,20H,6-12H2,1-5H3. The summed E-state index contributed by atoms with van der Waals surface area (Å²) in [6.45, 7) is 12.0. The Morgan fingerprint density at radius 3 is 2.35 bits per heavy atom. The molecule has 118 valence electrons. The van der Waals surface area contributed by atoms with Crippen LogP contribution in [0.3, 0.4) is 0 Å². The van der Waals surface area contributed by atoms with Crippen LogP contribution in [0.5, 0.6) is 0 Å². The van der Waals surface area contributed by atoms with E-state index in [9.17, 15) is 0 Å².